The fraction of sp³-hybridized carbons (Fsp3) is 0.286. The van der Waals surface area contributed by atoms with E-state index in [4.69, 9.17) is 17.7 Å². The SMILES string of the molecule is [2H]C1=Nc2nc(Cl)nc(OC)c2C1. The van der Waals surface area contributed by atoms with Crippen LogP contribution in [0.4, 0.5) is 5.82 Å². The molecule has 12 heavy (non-hydrogen) atoms. The first-order valence-electron chi connectivity index (χ1n) is 3.85. The number of aliphatic imine (C=N–C) groups is 1. The lowest BCUT2D eigenvalue weighted by atomic mass is 10.2. The van der Waals surface area contributed by atoms with Gasteiger partial charge in [-0.1, -0.05) is 0 Å². The van der Waals surface area contributed by atoms with Crippen molar-refractivity contribution in [1.82, 2.24) is 9.97 Å². The number of methoxy groups -OCH3 is 1. The van der Waals surface area contributed by atoms with Crippen molar-refractivity contribution >= 4 is 23.6 Å². The minimum atomic E-state index is 0.0917. The minimum Gasteiger partial charge on any atom is -0.481 e. The average molecular weight is 185 g/mol. The number of halogens is 1. The van der Waals surface area contributed by atoms with E-state index in [2.05, 4.69) is 15.0 Å². The molecule has 0 spiro atoms. The second kappa shape index (κ2) is 2.71. The van der Waals surface area contributed by atoms with Gasteiger partial charge in [0.15, 0.2) is 5.82 Å². The highest BCUT2D eigenvalue weighted by Crippen LogP contribution is 2.29. The van der Waals surface area contributed by atoms with Gasteiger partial charge in [0, 0.05) is 12.6 Å². The smallest absolute Gasteiger partial charge is 0.227 e. The zero-order valence-electron chi connectivity index (χ0n) is 7.33. The van der Waals surface area contributed by atoms with Crippen molar-refractivity contribution in [3.8, 4) is 5.88 Å². The number of rotatable bonds is 1. The largest absolute Gasteiger partial charge is 0.481 e. The summed E-state index contributed by atoms with van der Waals surface area (Å²) in [7, 11) is 1.50. The first-order valence-corrected chi connectivity index (χ1v) is 3.73. The van der Waals surface area contributed by atoms with Crippen LogP contribution < -0.4 is 4.74 Å². The van der Waals surface area contributed by atoms with Crippen LogP contribution in [0.25, 0.3) is 0 Å². The number of hydrogen-bond acceptors (Lipinski definition) is 4. The topological polar surface area (TPSA) is 47.4 Å². The molecule has 1 aliphatic heterocycles. The molecule has 0 N–H and O–H groups in total. The van der Waals surface area contributed by atoms with Crippen molar-refractivity contribution < 1.29 is 6.11 Å². The van der Waals surface area contributed by atoms with Gasteiger partial charge >= 0.3 is 0 Å². The zero-order valence-corrected chi connectivity index (χ0v) is 7.09. The van der Waals surface area contributed by atoms with Gasteiger partial charge in [0.1, 0.15) is 0 Å². The standard InChI is InChI=1S/C7H6ClN3O/c1-12-6-4-2-3-9-5(4)10-7(8)11-6/h3H,2H2,1H3/i3D. The fourth-order valence-corrected chi connectivity index (χ4v) is 1.19. The third-order valence-corrected chi connectivity index (χ3v) is 1.72. The van der Waals surface area contributed by atoms with Crippen molar-refractivity contribution in [3.05, 3.63) is 10.8 Å². The van der Waals surface area contributed by atoms with Gasteiger partial charge in [0.25, 0.3) is 0 Å². The van der Waals surface area contributed by atoms with Crippen LogP contribution in [0.5, 0.6) is 5.88 Å². The third kappa shape index (κ3) is 1.04. The van der Waals surface area contributed by atoms with Crippen molar-refractivity contribution in [3.63, 3.8) is 0 Å². The molecule has 0 radical (unpaired) electrons. The molecule has 0 amide bonds. The van der Waals surface area contributed by atoms with E-state index in [1.807, 2.05) is 0 Å². The van der Waals surface area contributed by atoms with Gasteiger partial charge in [0.2, 0.25) is 11.2 Å². The van der Waals surface area contributed by atoms with Crippen molar-refractivity contribution in [2.75, 3.05) is 7.11 Å². The maximum Gasteiger partial charge on any atom is 0.227 e. The van der Waals surface area contributed by atoms with Crippen molar-refractivity contribution in [2.24, 2.45) is 4.99 Å². The summed E-state index contributed by atoms with van der Waals surface area (Å²) in [4.78, 5) is 11.6. The van der Waals surface area contributed by atoms with Gasteiger partial charge in [-0.2, -0.15) is 9.97 Å². The summed E-state index contributed by atoms with van der Waals surface area (Å²) >= 11 is 5.62. The van der Waals surface area contributed by atoms with Crippen LogP contribution in [0.1, 0.15) is 6.93 Å². The van der Waals surface area contributed by atoms with E-state index in [0.29, 0.717) is 18.1 Å². The molecule has 0 saturated heterocycles. The monoisotopic (exact) mass is 184 g/mol. The third-order valence-electron chi connectivity index (χ3n) is 1.55. The number of aromatic nitrogens is 2. The number of hydrogen-bond donors (Lipinski definition) is 0. The van der Waals surface area contributed by atoms with Crippen LogP contribution in [-0.2, 0) is 6.42 Å². The minimum absolute atomic E-state index is 0.0917. The molecule has 0 atom stereocenters. The molecule has 5 heteroatoms. The molecule has 0 saturated carbocycles. The Bertz CT molecular complexity index is 394. The quantitative estimate of drug-likeness (QED) is 0.620. The molecule has 1 aromatic heterocycles. The molecule has 2 rings (SSSR count). The summed E-state index contributed by atoms with van der Waals surface area (Å²) in [5.74, 6) is 0.850. The Morgan fingerprint density at radius 2 is 2.50 bits per heavy atom. The summed E-state index contributed by atoms with van der Waals surface area (Å²) in [6.07, 6.45) is 0.667. The van der Waals surface area contributed by atoms with E-state index in [-0.39, 0.29) is 11.5 Å². The maximum atomic E-state index is 7.34. The Hall–Kier alpha value is -1.16. The molecular weight excluding hydrogens is 178 g/mol. The van der Waals surface area contributed by atoms with Crippen molar-refractivity contribution in [1.29, 1.82) is 0 Å². The Morgan fingerprint density at radius 3 is 3.25 bits per heavy atom. The van der Waals surface area contributed by atoms with Gasteiger partial charge in [-0.3, -0.25) is 0 Å². The van der Waals surface area contributed by atoms with E-state index in [1.54, 1.807) is 0 Å². The van der Waals surface area contributed by atoms with E-state index in [9.17, 15) is 0 Å². The molecule has 0 fully saturated rings. The fourth-order valence-electron chi connectivity index (χ4n) is 1.04. The van der Waals surface area contributed by atoms with Crippen LogP contribution in [0.15, 0.2) is 4.99 Å². The van der Waals surface area contributed by atoms with E-state index < -0.39 is 0 Å². The average Bonchev–Trinajstić information content (AvgIpc) is 2.43. The van der Waals surface area contributed by atoms with Crippen LogP contribution in [-0.4, -0.2) is 23.3 Å². The summed E-state index contributed by atoms with van der Waals surface area (Å²) in [6, 6.07) is 0. The van der Waals surface area contributed by atoms with Crippen molar-refractivity contribution in [2.45, 2.75) is 6.42 Å². The van der Waals surface area contributed by atoms with E-state index >= 15 is 0 Å². The summed E-state index contributed by atoms with van der Waals surface area (Å²) in [6.45, 7) is 0. The molecule has 4 nitrogen and oxygen atoms in total. The first-order chi connectivity index (χ1) is 6.20. The van der Waals surface area contributed by atoms with Crippen LogP contribution >= 0.6 is 11.6 Å². The highest BCUT2D eigenvalue weighted by molar-refractivity contribution is 6.28. The Balaban J connectivity index is 2.57. The highest BCUT2D eigenvalue weighted by atomic mass is 35.5. The molecule has 0 aromatic carbocycles. The molecule has 0 aliphatic carbocycles. The predicted molar refractivity (Wildman–Crippen MR) is 45.5 cm³/mol. The molecule has 1 aliphatic rings. The number of nitrogens with zero attached hydrogens (tertiary/aromatic N) is 3. The number of fused-ring (bicyclic) bond motifs is 1. The summed E-state index contributed by atoms with van der Waals surface area (Å²) in [5.41, 5.74) is 0.733. The van der Waals surface area contributed by atoms with Gasteiger partial charge in [-0.25, -0.2) is 4.99 Å². The van der Waals surface area contributed by atoms with Gasteiger partial charge in [-0.05, 0) is 11.6 Å². The lowest BCUT2D eigenvalue weighted by molar-refractivity contribution is 0.393. The first kappa shape index (κ1) is 6.37. The van der Waals surface area contributed by atoms with Crippen LogP contribution in [0, 0.1) is 0 Å². The Labute approximate surface area is 75.7 Å². The zero-order chi connectivity index (χ0) is 9.42. The second-order valence-electron chi connectivity index (χ2n) is 2.25. The Kier molecular flexibility index (Phi) is 1.44. The molecule has 0 bridgehead atoms. The normalized spacial score (nSPS) is 15.2. The lowest BCUT2D eigenvalue weighted by Gasteiger charge is -2.03. The summed E-state index contributed by atoms with van der Waals surface area (Å²) < 4.78 is 12.3. The van der Waals surface area contributed by atoms with E-state index in [1.165, 1.54) is 7.11 Å². The van der Waals surface area contributed by atoms with Crippen LogP contribution in [0.3, 0.4) is 0 Å². The Morgan fingerprint density at radius 1 is 1.67 bits per heavy atom. The molecule has 2 heterocycles. The molecule has 0 unspecified atom stereocenters. The number of ether oxygens (including phenoxy) is 1. The second-order valence-corrected chi connectivity index (χ2v) is 2.59. The van der Waals surface area contributed by atoms with Gasteiger partial charge in [-0.15, -0.1) is 0 Å². The van der Waals surface area contributed by atoms with Crippen LogP contribution in [0.2, 0.25) is 5.28 Å². The molecule has 1 aromatic rings. The molecular formula is C7H6ClN3O. The summed E-state index contributed by atoms with van der Waals surface area (Å²) in [5, 5.41) is 0.0917. The van der Waals surface area contributed by atoms with Gasteiger partial charge in [0.05, 0.1) is 14.0 Å². The van der Waals surface area contributed by atoms with E-state index in [0.717, 1.165) is 5.56 Å². The maximum absolute atomic E-state index is 7.34. The lowest BCUT2D eigenvalue weighted by Crippen LogP contribution is -1.95. The molecule has 62 valence electrons. The predicted octanol–water partition coefficient (Wildman–Crippen LogP) is 1.40. The van der Waals surface area contributed by atoms with Gasteiger partial charge < -0.3 is 4.74 Å². The highest BCUT2D eigenvalue weighted by Gasteiger charge is 2.16.